The van der Waals surface area contributed by atoms with Gasteiger partial charge in [0.25, 0.3) is 0 Å². The van der Waals surface area contributed by atoms with Crippen molar-refractivity contribution in [3.63, 3.8) is 0 Å². The average Bonchev–Trinajstić information content (AvgIpc) is 2.78. The van der Waals surface area contributed by atoms with Crippen molar-refractivity contribution in [1.29, 1.82) is 5.26 Å². The molecule has 0 saturated carbocycles. The van der Waals surface area contributed by atoms with Crippen LogP contribution in [0.4, 0.5) is 0 Å². The van der Waals surface area contributed by atoms with Gasteiger partial charge in [0.2, 0.25) is 0 Å². The van der Waals surface area contributed by atoms with Crippen LogP contribution in [0.2, 0.25) is 10.0 Å². The summed E-state index contributed by atoms with van der Waals surface area (Å²) in [4.78, 5) is 0. The van der Waals surface area contributed by atoms with E-state index in [9.17, 15) is 5.26 Å². The summed E-state index contributed by atoms with van der Waals surface area (Å²) >= 11 is 12.2. The average molecular weight is 450 g/mol. The van der Waals surface area contributed by atoms with E-state index in [1.54, 1.807) is 25.3 Å². The summed E-state index contributed by atoms with van der Waals surface area (Å²) in [7, 11) is 1.59. The van der Waals surface area contributed by atoms with Gasteiger partial charge in [-0.1, -0.05) is 59.6 Å². The highest BCUT2D eigenvalue weighted by atomic mass is 35.5. The molecule has 0 radical (unpaired) electrons. The number of benzene rings is 3. The molecule has 0 aliphatic carbocycles. The second kappa shape index (κ2) is 10.7. The standard InChI is InChI=1S/C26H21Cl2NO2/c1-3-6-20-13-19(14-21(16-29)23-7-4-5-8-24(23)28)15-25(30-2)26(20)31-17-18-9-11-22(27)12-10-18/h3-5,7-15H,1,6,17H2,2H3. The van der Waals surface area contributed by atoms with Gasteiger partial charge in [-0.25, -0.2) is 0 Å². The second-order valence-electron chi connectivity index (χ2n) is 6.77. The molecule has 0 bridgehead atoms. The third kappa shape index (κ3) is 5.70. The molecule has 0 N–H and O–H groups in total. The van der Waals surface area contributed by atoms with E-state index in [0.29, 0.717) is 45.7 Å². The van der Waals surface area contributed by atoms with Gasteiger partial charge in [0.05, 0.1) is 18.8 Å². The smallest absolute Gasteiger partial charge is 0.165 e. The van der Waals surface area contributed by atoms with E-state index in [0.717, 1.165) is 16.7 Å². The Morgan fingerprint density at radius 3 is 2.48 bits per heavy atom. The van der Waals surface area contributed by atoms with E-state index in [1.165, 1.54) is 0 Å². The van der Waals surface area contributed by atoms with Gasteiger partial charge in [0.15, 0.2) is 11.5 Å². The first kappa shape index (κ1) is 22.5. The molecule has 3 aromatic carbocycles. The number of nitriles is 1. The van der Waals surface area contributed by atoms with Gasteiger partial charge in [0.1, 0.15) is 6.61 Å². The van der Waals surface area contributed by atoms with Crippen LogP contribution in [0, 0.1) is 11.3 Å². The molecule has 0 spiro atoms. The molecule has 5 heteroatoms. The van der Waals surface area contributed by atoms with E-state index >= 15 is 0 Å². The first-order valence-corrected chi connectivity index (χ1v) is 10.4. The van der Waals surface area contributed by atoms with Gasteiger partial charge >= 0.3 is 0 Å². The molecule has 0 fully saturated rings. The highest BCUT2D eigenvalue weighted by Crippen LogP contribution is 2.36. The molecule has 3 nitrogen and oxygen atoms in total. The van der Waals surface area contributed by atoms with Gasteiger partial charge < -0.3 is 9.47 Å². The van der Waals surface area contributed by atoms with Crippen molar-refractivity contribution in [2.75, 3.05) is 7.11 Å². The van der Waals surface area contributed by atoms with Crippen LogP contribution in [0.5, 0.6) is 11.5 Å². The topological polar surface area (TPSA) is 42.2 Å². The predicted molar refractivity (Wildman–Crippen MR) is 128 cm³/mol. The number of hydrogen-bond donors (Lipinski definition) is 0. The van der Waals surface area contributed by atoms with E-state index in [2.05, 4.69) is 12.6 Å². The van der Waals surface area contributed by atoms with Crippen LogP contribution >= 0.6 is 23.2 Å². The number of ether oxygens (including phenoxy) is 2. The van der Waals surface area contributed by atoms with Crippen LogP contribution in [0.25, 0.3) is 11.6 Å². The highest BCUT2D eigenvalue weighted by molar-refractivity contribution is 6.32. The fourth-order valence-electron chi connectivity index (χ4n) is 3.14. The molecule has 31 heavy (non-hydrogen) atoms. The van der Waals surface area contributed by atoms with Crippen LogP contribution in [0.1, 0.15) is 22.3 Å². The second-order valence-corrected chi connectivity index (χ2v) is 7.61. The summed E-state index contributed by atoms with van der Waals surface area (Å²) in [6, 6.07) is 20.8. The summed E-state index contributed by atoms with van der Waals surface area (Å²) in [5, 5.41) is 10.9. The SMILES string of the molecule is C=CCc1cc(C=C(C#N)c2ccccc2Cl)cc(OC)c1OCc1ccc(Cl)cc1. The zero-order valence-corrected chi connectivity index (χ0v) is 18.6. The molecule has 0 heterocycles. The number of hydrogen-bond acceptors (Lipinski definition) is 3. The number of nitrogens with zero attached hydrogens (tertiary/aromatic N) is 1. The van der Waals surface area contributed by atoms with Crippen LogP contribution in [-0.2, 0) is 13.0 Å². The number of rotatable bonds is 8. The Balaban J connectivity index is 1.99. The van der Waals surface area contributed by atoms with Crippen LogP contribution < -0.4 is 9.47 Å². The van der Waals surface area contributed by atoms with Crippen molar-refractivity contribution in [3.8, 4) is 17.6 Å². The lowest BCUT2D eigenvalue weighted by molar-refractivity contribution is 0.282. The maximum absolute atomic E-state index is 9.69. The number of halogens is 2. The highest BCUT2D eigenvalue weighted by Gasteiger charge is 2.14. The third-order valence-electron chi connectivity index (χ3n) is 4.63. The minimum atomic E-state index is 0.371. The Bertz CT molecular complexity index is 1150. The number of allylic oxidation sites excluding steroid dienone is 2. The number of methoxy groups -OCH3 is 1. The minimum Gasteiger partial charge on any atom is -0.493 e. The van der Waals surface area contributed by atoms with Gasteiger partial charge in [-0.2, -0.15) is 5.26 Å². The quantitative estimate of drug-likeness (QED) is 0.204. The summed E-state index contributed by atoms with van der Waals surface area (Å²) in [5.74, 6) is 1.22. The molecule has 0 unspecified atom stereocenters. The summed E-state index contributed by atoms with van der Waals surface area (Å²) in [6.45, 7) is 4.22. The summed E-state index contributed by atoms with van der Waals surface area (Å²) in [5.41, 5.74) is 3.85. The summed E-state index contributed by atoms with van der Waals surface area (Å²) < 4.78 is 11.7. The van der Waals surface area contributed by atoms with Crippen molar-refractivity contribution in [2.45, 2.75) is 13.0 Å². The zero-order chi connectivity index (χ0) is 22.2. The molecule has 0 aliphatic rings. The maximum Gasteiger partial charge on any atom is 0.165 e. The van der Waals surface area contributed by atoms with Crippen molar-refractivity contribution >= 4 is 34.9 Å². The molecular weight excluding hydrogens is 429 g/mol. The largest absolute Gasteiger partial charge is 0.493 e. The van der Waals surface area contributed by atoms with E-state index in [-0.39, 0.29) is 0 Å². The molecule has 0 saturated heterocycles. The Labute approximate surface area is 192 Å². The van der Waals surface area contributed by atoms with E-state index < -0.39 is 0 Å². The van der Waals surface area contributed by atoms with Crippen molar-refractivity contribution in [3.05, 3.63) is 106 Å². The van der Waals surface area contributed by atoms with Gasteiger partial charge in [-0.05, 0) is 54.0 Å². The lowest BCUT2D eigenvalue weighted by Gasteiger charge is -2.16. The first-order valence-electron chi connectivity index (χ1n) is 9.61. The lowest BCUT2D eigenvalue weighted by Crippen LogP contribution is -2.02. The third-order valence-corrected chi connectivity index (χ3v) is 5.21. The molecular formula is C26H21Cl2NO2. The molecule has 156 valence electrons. The molecule has 3 rings (SSSR count). The summed E-state index contributed by atoms with van der Waals surface area (Å²) in [6.07, 6.45) is 4.18. The van der Waals surface area contributed by atoms with Gasteiger partial charge in [0, 0.05) is 21.2 Å². The van der Waals surface area contributed by atoms with Crippen LogP contribution in [-0.4, -0.2) is 7.11 Å². The molecule has 3 aromatic rings. The molecule has 0 aromatic heterocycles. The normalized spacial score (nSPS) is 11.0. The van der Waals surface area contributed by atoms with E-state index in [4.69, 9.17) is 32.7 Å². The fraction of sp³-hybridized carbons (Fsp3) is 0.115. The predicted octanol–water partition coefficient (Wildman–Crippen LogP) is 7.37. The lowest BCUT2D eigenvalue weighted by atomic mass is 10.0. The monoisotopic (exact) mass is 449 g/mol. The minimum absolute atomic E-state index is 0.371. The van der Waals surface area contributed by atoms with Crippen molar-refractivity contribution in [2.24, 2.45) is 0 Å². The van der Waals surface area contributed by atoms with Crippen LogP contribution in [0.3, 0.4) is 0 Å². The Morgan fingerprint density at radius 2 is 1.84 bits per heavy atom. The van der Waals surface area contributed by atoms with Crippen molar-refractivity contribution < 1.29 is 9.47 Å². The van der Waals surface area contributed by atoms with E-state index in [1.807, 2.05) is 54.6 Å². The maximum atomic E-state index is 9.69. The van der Waals surface area contributed by atoms with Crippen LogP contribution in [0.15, 0.2) is 73.3 Å². The fourth-order valence-corrected chi connectivity index (χ4v) is 3.51. The first-order chi connectivity index (χ1) is 15.0. The Morgan fingerprint density at radius 1 is 1.10 bits per heavy atom. The zero-order valence-electron chi connectivity index (χ0n) is 17.1. The van der Waals surface area contributed by atoms with Gasteiger partial charge in [-0.15, -0.1) is 6.58 Å². The van der Waals surface area contributed by atoms with Crippen molar-refractivity contribution in [1.82, 2.24) is 0 Å². The molecule has 0 amide bonds. The molecule has 0 atom stereocenters. The van der Waals surface area contributed by atoms with Gasteiger partial charge in [-0.3, -0.25) is 0 Å². The Hall–Kier alpha value is -3.19. The molecule has 0 aliphatic heterocycles. The Kier molecular flexibility index (Phi) is 7.78.